The molecule has 19 heavy (non-hydrogen) atoms. The van der Waals surface area contributed by atoms with Crippen LogP contribution in [0.5, 0.6) is 0 Å². The van der Waals surface area contributed by atoms with E-state index in [-0.39, 0.29) is 5.91 Å². The van der Waals surface area contributed by atoms with Gasteiger partial charge < -0.3 is 10.0 Å². The van der Waals surface area contributed by atoms with Crippen molar-refractivity contribution in [3.8, 4) is 0 Å². The number of carbonyl (C=O) groups excluding carboxylic acids is 1. The van der Waals surface area contributed by atoms with Crippen LogP contribution in [0.3, 0.4) is 0 Å². The van der Waals surface area contributed by atoms with Crippen LogP contribution in [-0.2, 0) is 11.3 Å². The second kappa shape index (κ2) is 6.16. The Morgan fingerprint density at radius 3 is 2.79 bits per heavy atom. The van der Waals surface area contributed by atoms with Crippen molar-refractivity contribution in [2.24, 2.45) is 0 Å². The molecule has 1 amide bonds. The topological polar surface area (TPSA) is 40.5 Å². The maximum absolute atomic E-state index is 12.3. The van der Waals surface area contributed by atoms with Gasteiger partial charge in [-0.1, -0.05) is 23.7 Å². The van der Waals surface area contributed by atoms with E-state index in [4.69, 9.17) is 11.6 Å². The fourth-order valence-electron chi connectivity index (χ4n) is 2.26. The van der Waals surface area contributed by atoms with E-state index < -0.39 is 5.60 Å². The molecule has 5 heteroatoms. The van der Waals surface area contributed by atoms with Gasteiger partial charge in [0.1, 0.15) is 5.60 Å². The number of aliphatic hydroxyl groups is 1. The van der Waals surface area contributed by atoms with E-state index in [1.807, 2.05) is 18.2 Å². The molecule has 2 rings (SSSR count). The fraction of sp³-hybridized carbons (Fsp3) is 0.500. The molecule has 0 bridgehead atoms. The number of thioether (sulfide) groups is 1. The molecule has 3 nitrogen and oxygen atoms in total. The summed E-state index contributed by atoms with van der Waals surface area (Å²) in [6.07, 6.45) is 1.08. The summed E-state index contributed by atoms with van der Waals surface area (Å²) in [7, 11) is 1.73. The van der Waals surface area contributed by atoms with E-state index in [0.29, 0.717) is 24.4 Å². The van der Waals surface area contributed by atoms with Gasteiger partial charge in [0.2, 0.25) is 0 Å². The molecule has 0 aliphatic carbocycles. The van der Waals surface area contributed by atoms with E-state index in [1.165, 1.54) is 0 Å². The van der Waals surface area contributed by atoms with Crippen LogP contribution in [0.15, 0.2) is 24.3 Å². The highest BCUT2D eigenvalue weighted by Crippen LogP contribution is 2.28. The predicted molar refractivity (Wildman–Crippen MR) is 79.4 cm³/mol. The lowest BCUT2D eigenvalue weighted by Crippen LogP contribution is -2.49. The molecule has 1 heterocycles. The standard InChI is InChI=1S/C14H18ClNO2S/c1-16(10-11-3-2-4-12(15)9-11)13(17)14(18)5-7-19-8-6-14/h2-4,9,18H,5-8,10H2,1H3. The molecule has 1 aromatic rings. The van der Waals surface area contributed by atoms with Crippen molar-refractivity contribution in [1.29, 1.82) is 0 Å². The molecule has 0 radical (unpaired) electrons. The highest BCUT2D eigenvalue weighted by Gasteiger charge is 2.39. The summed E-state index contributed by atoms with van der Waals surface area (Å²) in [4.78, 5) is 13.9. The van der Waals surface area contributed by atoms with Crippen LogP contribution in [0.1, 0.15) is 18.4 Å². The first-order valence-electron chi connectivity index (χ1n) is 6.31. The summed E-state index contributed by atoms with van der Waals surface area (Å²) in [5.41, 5.74) is -0.212. The van der Waals surface area contributed by atoms with E-state index in [2.05, 4.69) is 0 Å². The van der Waals surface area contributed by atoms with Crippen LogP contribution in [-0.4, -0.2) is 40.1 Å². The fourth-order valence-corrected chi connectivity index (χ4v) is 3.64. The number of benzene rings is 1. The van der Waals surface area contributed by atoms with Gasteiger partial charge in [0.15, 0.2) is 0 Å². The molecular weight excluding hydrogens is 282 g/mol. The van der Waals surface area contributed by atoms with Crippen LogP contribution >= 0.6 is 23.4 Å². The number of hydrogen-bond donors (Lipinski definition) is 1. The Bertz CT molecular complexity index is 461. The summed E-state index contributed by atoms with van der Waals surface area (Å²) in [5.74, 6) is 1.49. The van der Waals surface area contributed by atoms with Gasteiger partial charge in [-0.15, -0.1) is 0 Å². The minimum absolute atomic E-state index is 0.187. The first-order valence-corrected chi connectivity index (χ1v) is 7.85. The van der Waals surface area contributed by atoms with Crippen molar-refractivity contribution >= 4 is 29.3 Å². The molecule has 0 aromatic heterocycles. The highest BCUT2D eigenvalue weighted by molar-refractivity contribution is 7.99. The third-order valence-electron chi connectivity index (χ3n) is 3.37. The average Bonchev–Trinajstić information content (AvgIpc) is 2.38. The van der Waals surface area contributed by atoms with Crippen molar-refractivity contribution in [2.45, 2.75) is 25.0 Å². The van der Waals surface area contributed by atoms with Gasteiger partial charge in [-0.25, -0.2) is 0 Å². The molecule has 0 saturated carbocycles. The zero-order valence-corrected chi connectivity index (χ0v) is 12.5. The van der Waals surface area contributed by atoms with Gasteiger partial charge in [-0.2, -0.15) is 11.8 Å². The maximum atomic E-state index is 12.3. The Morgan fingerprint density at radius 1 is 1.47 bits per heavy atom. The van der Waals surface area contributed by atoms with Gasteiger partial charge in [0.05, 0.1) is 0 Å². The largest absolute Gasteiger partial charge is 0.380 e. The van der Waals surface area contributed by atoms with Crippen LogP contribution in [0.2, 0.25) is 5.02 Å². The first kappa shape index (κ1) is 14.7. The van der Waals surface area contributed by atoms with Crippen molar-refractivity contribution in [1.82, 2.24) is 4.90 Å². The summed E-state index contributed by atoms with van der Waals surface area (Å²) in [6, 6.07) is 7.43. The lowest BCUT2D eigenvalue weighted by atomic mass is 9.95. The lowest BCUT2D eigenvalue weighted by Gasteiger charge is -2.34. The zero-order valence-electron chi connectivity index (χ0n) is 10.9. The molecule has 1 saturated heterocycles. The second-order valence-electron chi connectivity index (χ2n) is 4.94. The predicted octanol–water partition coefficient (Wildman–Crippen LogP) is 2.56. The molecule has 0 spiro atoms. The molecule has 1 fully saturated rings. The number of hydrogen-bond acceptors (Lipinski definition) is 3. The van der Waals surface area contributed by atoms with Gasteiger partial charge >= 0.3 is 0 Å². The number of carbonyl (C=O) groups is 1. The molecular formula is C14H18ClNO2S. The van der Waals surface area contributed by atoms with Gasteiger partial charge in [-0.3, -0.25) is 4.79 Å². The minimum atomic E-state index is -1.18. The van der Waals surface area contributed by atoms with E-state index >= 15 is 0 Å². The first-order chi connectivity index (χ1) is 9.01. The Hall–Kier alpha value is -0.710. The van der Waals surface area contributed by atoms with Crippen LogP contribution in [0, 0.1) is 0 Å². The summed E-state index contributed by atoms with van der Waals surface area (Å²) >= 11 is 7.71. The van der Waals surface area contributed by atoms with E-state index in [9.17, 15) is 9.90 Å². The number of rotatable bonds is 3. The molecule has 104 valence electrons. The van der Waals surface area contributed by atoms with Gasteiger partial charge in [0.25, 0.3) is 5.91 Å². The van der Waals surface area contributed by atoms with Crippen LogP contribution in [0.4, 0.5) is 0 Å². The Kier molecular flexibility index (Phi) is 4.76. The van der Waals surface area contributed by atoms with Crippen LogP contribution < -0.4 is 0 Å². The Labute approximate surface area is 122 Å². The smallest absolute Gasteiger partial charge is 0.254 e. The van der Waals surface area contributed by atoms with Gasteiger partial charge in [0, 0.05) is 18.6 Å². The van der Waals surface area contributed by atoms with Crippen molar-refractivity contribution in [3.63, 3.8) is 0 Å². The molecule has 1 N–H and O–H groups in total. The summed E-state index contributed by atoms with van der Waals surface area (Å²) in [6.45, 7) is 0.467. The summed E-state index contributed by atoms with van der Waals surface area (Å²) < 4.78 is 0. The minimum Gasteiger partial charge on any atom is -0.380 e. The van der Waals surface area contributed by atoms with Crippen LogP contribution in [0.25, 0.3) is 0 Å². The Morgan fingerprint density at radius 2 is 2.16 bits per heavy atom. The van der Waals surface area contributed by atoms with Crippen molar-refractivity contribution < 1.29 is 9.90 Å². The molecule has 0 unspecified atom stereocenters. The number of nitrogens with zero attached hydrogens (tertiary/aromatic N) is 1. The average molecular weight is 300 g/mol. The number of halogens is 1. The summed E-state index contributed by atoms with van der Waals surface area (Å²) in [5, 5.41) is 11.1. The maximum Gasteiger partial charge on any atom is 0.254 e. The Balaban J connectivity index is 2.03. The third kappa shape index (κ3) is 3.65. The molecule has 1 aliphatic rings. The van der Waals surface area contributed by atoms with Crippen molar-refractivity contribution in [3.05, 3.63) is 34.9 Å². The SMILES string of the molecule is CN(Cc1cccc(Cl)c1)C(=O)C1(O)CCSCC1. The number of amides is 1. The molecule has 0 atom stereocenters. The monoisotopic (exact) mass is 299 g/mol. The highest BCUT2D eigenvalue weighted by atomic mass is 35.5. The van der Waals surface area contributed by atoms with E-state index in [1.54, 1.807) is 29.8 Å². The lowest BCUT2D eigenvalue weighted by molar-refractivity contribution is -0.151. The normalized spacial score (nSPS) is 18.1. The zero-order chi connectivity index (χ0) is 13.9. The van der Waals surface area contributed by atoms with Crippen molar-refractivity contribution in [2.75, 3.05) is 18.6 Å². The quantitative estimate of drug-likeness (QED) is 0.932. The third-order valence-corrected chi connectivity index (χ3v) is 4.59. The molecule has 1 aliphatic heterocycles. The number of likely N-dealkylation sites (N-methyl/N-ethyl adjacent to an activating group) is 1. The van der Waals surface area contributed by atoms with E-state index in [0.717, 1.165) is 17.1 Å². The second-order valence-corrected chi connectivity index (χ2v) is 6.60. The molecule has 1 aromatic carbocycles. The van der Waals surface area contributed by atoms with Gasteiger partial charge in [-0.05, 0) is 42.0 Å².